The monoisotopic (exact) mass is 359 g/mol. The Bertz CT molecular complexity index is 497. The Balaban J connectivity index is 3.21. The topological polar surface area (TPSA) is 92.3 Å². The lowest BCUT2D eigenvalue weighted by molar-refractivity contribution is -0.401. The maximum Gasteiger partial charge on any atom is 0.414 e. The smallest absolute Gasteiger partial charge is 0.414 e. The number of imide groups is 1. The van der Waals surface area contributed by atoms with Crippen LogP contribution in [0.2, 0.25) is 0 Å². The second-order valence-electron chi connectivity index (χ2n) is 5.38. The minimum absolute atomic E-state index is 0.163. The molecule has 2 atom stereocenters. The van der Waals surface area contributed by atoms with Crippen LogP contribution < -0.4 is 5.32 Å². The third-order valence-electron chi connectivity index (χ3n) is 3.74. The zero-order valence-electron chi connectivity index (χ0n) is 15.8. The van der Waals surface area contributed by atoms with E-state index in [0.29, 0.717) is 19.8 Å². The van der Waals surface area contributed by atoms with E-state index in [9.17, 15) is 9.59 Å². The molecule has 144 valence electrons. The van der Waals surface area contributed by atoms with Crippen molar-refractivity contribution in [3.63, 3.8) is 0 Å². The average molecular weight is 359 g/mol. The normalized spacial score (nSPS) is 22.3. The van der Waals surface area contributed by atoms with Gasteiger partial charge in [-0.2, -0.15) is 0 Å². The lowest BCUT2D eigenvalue weighted by Crippen LogP contribution is -2.55. The van der Waals surface area contributed by atoms with Gasteiger partial charge in [-0.1, -0.05) is 6.92 Å². The third-order valence-corrected chi connectivity index (χ3v) is 3.74. The highest BCUT2D eigenvalue weighted by molar-refractivity contribution is 6.03. The molecule has 0 radical (unpaired) electrons. The highest BCUT2D eigenvalue weighted by Gasteiger charge is 2.52. The highest BCUT2D eigenvalue weighted by Crippen LogP contribution is 2.40. The van der Waals surface area contributed by atoms with Crippen molar-refractivity contribution in [1.29, 1.82) is 0 Å². The molecule has 1 aliphatic heterocycles. The first-order valence-electron chi connectivity index (χ1n) is 8.64. The fourth-order valence-electron chi connectivity index (χ4n) is 2.79. The van der Waals surface area contributed by atoms with Gasteiger partial charge in [0.2, 0.25) is 0 Å². The fraction of sp³-hybridized carbons (Fsp3) is 0.765. The molecular formula is C17H29NO7. The number of amides is 2. The van der Waals surface area contributed by atoms with Gasteiger partial charge in [0.1, 0.15) is 11.9 Å². The van der Waals surface area contributed by atoms with Crippen molar-refractivity contribution in [3.8, 4) is 0 Å². The molecule has 0 unspecified atom stereocenters. The number of hydrogen-bond donors (Lipinski definition) is 1. The zero-order valence-corrected chi connectivity index (χ0v) is 15.8. The summed E-state index contributed by atoms with van der Waals surface area (Å²) >= 11 is 0. The molecule has 0 fully saturated rings. The fourth-order valence-corrected chi connectivity index (χ4v) is 2.79. The van der Waals surface area contributed by atoms with Gasteiger partial charge >= 0.3 is 12.1 Å². The molecule has 0 aromatic carbocycles. The van der Waals surface area contributed by atoms with Crippen LogP contribution in [-0.4, -0.2) is 50.5 Å². The van der Waals surface area contributed by atoms with Crippen LogP contribution in [0.25, 0.3) is 0 Å². The van der Waals surface area contributed by atoms with E-state index in [4.69, 9.17) is 23.7 Å². The summed E-state index contributed by atoms with van der Waals surface area (Å²) in [6.45, 7) is 11.8. The van der Waals surface area contributed by atoms with E-state index in [0.717, 1.165) is 0 Å². The molecule has 0 spiro atoms. The number of nitrogens with one attached hydrogen (secondary N) is 1. The van der Waals surface area contributed by atoms with Crippen molar-refractivity contribution >= 4 is 12.0 Å². The minimum atomic E-state index is -1.35. The van der Waals surface area contributed by atoms with Gasteiger partial charge in [0.05, 0.1) is 31.3 Å². The lowest BCUT2D eigenvalue weighted by atomic mass is 9.90. The van der Waals surface area contributed by atoms with E-state index >= 15 is 0 Å². The number of carbonyl (C=O) groups is 2. The van der Waals surface area contributed by atoms with Gasteiger partial charge in [-0.15, -0.1) is 0 Å². The predicted molar refractivity (Wildman–Crippen MR) is 89.5 cm³/mol. The lowest BCUT2D eigenvalue weighted by Gasteiger charge is -2.45. The SMILES string of the molecule is CCOC(=O)NC(=O)C1=C(C)OC(OCC)(OCC)[C@H](C)[C@H]1OCC. The Morgan fingerprint density at radius 1 is 1.08 bits per heavy atom. The van der Waals surface area contributed by atoms with Gasteiger partial charge in [0.15, 0.2) is 0 Å². The van der Waals surface area contributed by atoms with E-state index in [2.05, 4.69) is 5.32 Å². The number of carbonyl (C=O) groups excluding carboxylic acids is 2. The maximum atomic E-state index is 12.5. The van der Waals surface area contributed by atoms with Crippen molar-refractivity contribution in [2.75, 3.05) is 26.4 Å². The van der Waals surface area contributed by atoms with Crippen LogP contribution in [0.4, 0.5) is 4.79 Å². The van der Waals surface area contributed by atoms with Crippen LogP contribution in [0.1, 0.15) is 41.5 Å². The first-order chi connectivity index (χ1) is 11.9. The number of alkyl carbamates (subject to hydrolysis) is 1. The minimum Gasteiger partial charge on any atom is -0.450 e. The summed E-state index contributed by atoms with van der Waals surface area (Å²) in [7, 11) is 0. The number of ether oxygens (including phenoxy) is 5. The van der Waals surface area contributed by atoms with Crippen LogP contribution in [-0.2, 0) is 28.5 Å². The van der Waals surface area contributed by atoms with E-state index in [1.54, 1.807) is 13.8 Å². The Labute approximate surface area is 148 Å². The molecular weight excluding hydrogens is 330 g/mol. The van der Waals surface area contributed by atoms with E-state index in [1.807, 2.05) is 27.7 Å². The number of allylic oxidation sites excluding steroid dienone is 1. The first-order valence-corrected chi connectivity index (χ1v) is 8.64. The van der Waals surface area contributed by atoms with Gasteiger partial charge in [0.25, 0.3) is 5.91 Å². The molecule has 0 saturated carbocycles. The van der Waals surface area contributed by atoms with E-state index < -0.39 is 30.0 Å². The van der Waals surface area contributed by atoms with Crippen LogP contribution in [0.5, 0.6) is 0 Å². The van der Waals surface area contributed by atoms with Crippen LogP contribution in [0.3, 0.4) is 0 Å². The summed E-state index contributed by atoms with van der Waals surface area (Å²) in [6, 6.07) is 0. The summed E-state index contributed by atoms with van der Waals surface area (Å²) in [5.41, 5.74) is 0.220. The molecule has 1 N–H and O–H groups in total. The Morgan fingerprint density at radius 2 is 1.68 bits per heavy atom. The van der Waals surface area contributed by atoms with Crippen LogP contribution in [0, 0.1) is 5.92 Å². The summed E-state index contributed by atoms with van der Waals surface area (Å²) < 4.78 is 27.9. The molecule has 25 heavy (non-hydrogen) atoms. The predicted octanol–water partition coefficient (Wildman–Crippen LogP) is 2.33. The van der Waals surface area contributed by atoms with E-state index in [1.165, 1.54) is 0 Å². The third kappa shape index (κ3) is 4.93. The van der Waals surface area contributed by atoms with E-state index in [-0.39, 0.29) is 17.9 Å². The largest absolute Gasteiger partial charge is 0.450 e. The maximum absolute atomic E-state index is 12.5. The first kappa shape index (κ1) is 21.4. The molecule has 1 heterocycles. The molecule has 0 aromatic rings. The van der Waals surface area contributed by atoms with Crippen molar-refractivity contribution in [1.82, 2.24) is 5.32 Å². The quantitative estimate of drug-likeness (QED) is 0.665. The van der Waals surface area contributed by atoms with Gasteiger partial charge in [-0.3, -0.25) is 10.1 Å². The van der Waals surface area contributed by atoms with Crippen molar-refractivity contribution < 1.29 is 33.3 Å². The summed E-state index contributed by atoms with van der Waals surface area (Å²) in [4.78, 5) is 24.1. The summed E-state index contributed by atoms with van der Waals surface area (Å²) in [5.74, 6) is -2.14. The molecule has 8 heteroatoms. The summed E-state index contributed by atoms with van der Waals surface area (Å²) in [6.07, 6.45) is -1.48. The zero-order chi connectivity index (χ0) is 19.0. The molecule has 0 aliphatic carbocycles. The van der Waals surface area contributed by atoms with Crippen molar-refractivity contribution in [2.45, 2.75) is 53.6 Å². The molecule has 0 bridgehead atoms. The van der Waals surface area contributed by atoms with Gasteiger partial charge in [-0.25, -0.2) is 4.79 Å². The Hall–Kier alpha value is -1.64. The molecule has 1 rings (SSSR count). The van der Waals surface area contributed by atoms with Crippen molar-refractivity contribution in [2.24, 2.45) is 5.92 Å². The summed E-state index contributed by atoms with van der Waals surface area (Å²) in [5, 5.41) is 2.18. The molecule has 0 saturated heterocycles. The Kier molecular flexibility index (Phi) is 8.34. The van der Waals surface area contributed by atoms with Gasteiger partial charge in [-0.05, 0) is 34.6 Å². The molecule has 8 nitrogen and oxygen atoms in total. The average Bonchev–Trinajstić information content (AvgIpc) is 2.53. The number of hydrogen-bond acceptors (Lipinski definition) is 7. The van der Waals surface area contributed by atoms with Crippen molar-refractivity contribution in [3.05, 3.63) is 11.3 Å². The standard InChI is InChI=1S/C17H29NO7/c1-7-21-14-11(5)17(23-9-3,24-10-4)25-12(6)13(14)15(19)18-16(20)22-8-2/h11,14H,7-10H2,1-6H3,(H,18,19,20)/t11-,14-/m1/s1. The highest BCUT2D eigenvalue weighted by atomic mass is 16.9. The second kappa shape index (κ2) is 9.74. The molecule has 1 aliphatic rings. The Morgan fingerprint density at radius 3 is 2.16 bits per heavy atom. The van der Waals surface area contributed by atoms with Gasteiger partial charge < -0.3 is 23.7 Å². The molecule has 0 aromatic heterocycles. The molecule has 2 amide bonds. The number of rotatable bonds is 8. The van der Waals surface area contributed by atoms with Crippen LogP contribution >= 0.6 is 0 Å². The van der Waals surface area contributed by atoms with Crippen LogP contribution in [0.15, 0.2) is 11.3 Å². The second-order valence-corrected chi connectivity index (χ2v) is 5.38. The van der Waals surface area contributed by atoms with Gasteiger partial charge in [0, 0.05) is 6.61 Å².